The average molecular weight is 464 g/mol. The molecule has 0 aliphatic rings. The molecule has 0 aromatic heterocycles. The van der Waals surface area contributed by atoms with Gasteiger partial charge in [-0.25, -0.2) is 0 Å². The number of benzene rings is 2. The first kappa shape index (κ1) is 26.5. The Morgan fingerprint density at radius 3 is 2.21 bits per heavy atom. The van der Waals surface area contributed by atoms with E-state index in [0.717, 1.165) is 5.56 Å². The molecule has 1 N–H and O–H groups in total. The number of ether oxygens (including phenoxy) is 5. The Morgan fingerprint density at radius 2 is 1.70 bits per heavy atom. The van der Waals surface area contributed by atoms with Crippen molar-refractivity contribution in [1.29, 1.82) is 0 Å². The van der Waals surface area contributed by atoms with Crippen molar-refractivity contribution in [3.63, 3.8) is 0 Å². The van der Waals surface area contributed by atoms with E-state index < -0.39 is 23.2 Å². The molecule has 2 rings (SSSR count). The summed E-state index contributed by atoms with van der Waals surface area (Å²) < 4.78 is 28.0. The maximum absolute atomic E-state index is 11.6. The van der Waals surface area contributed by atoms with E-state index in [0.29, 0.717) is 24.3 Å². The molecule has 0 bridgehead atoms. The Hall–Kier alpha value is -2.72. The van der Waals surface area contributed by atoms with Gasteiger partial charge in [-0.3, -0.25) is 10.1 Å². The Balaban J connectivity index is 2.25. The molecule has 0 spiro atoms. The van der Waals surface area contributed by atoms with Gasteiger partial charge in [0.25, 0.3) is 0 Å². The first-order valence-corrected chi connectivity index (χ1v) is 10.6. The zero-order valence-corrected chi connectivity index (χ0v) is 19.7. The van der Waals surface area contributed by atoms with Crippen molar-refractivity contribution < 1.29 is 33.7 Å². The molecule has 0 radical (unpaired) electrons. The molecule has 0 aliphatic carbocycles. The third kappa shape index (κ3) is 6.88. The highest BCUT2D eigenvalue weighted by molar-refractivity contribution is 5.57. The van der Waals surface area contributed by atoms with Crippen molar-refractivity contribution in [3.8, 4) is 11.5 Å². The van der Waals surface area contributed by atoms with Crippen molar-refractivity contribution in [3.05, 3.63) is 63.7 Å². The van der Waals surface area contributed by atoms with Gasteiger partial charge in [0.2, 0.25) is 5.75 Å². The lowest BCUT2D eigenvalue weighted by molar-refractivity contribution is -0.385. The molecule has 0 fully saturated rings. The van der Waals surface area contributed by atoms with E-state index in [1.807, 2.05) is 37.3 Å². The Bertz CT molecular complexity index is 876. The molecule has 9 heteroatoms. The van der Waals surface area contributed by atoms with E-state index in [-0.39, 0.29) is 24.0 Å². The molecule has 4 atom stereocenters. The normalized spacial score (nSPS) is 14.8. The summed E-state index contributed by atoms with van der Waals surface area (Å²) in [5.41, 5.74) is 1.28. The fourth-order valence-corrected chi connectivity index (χ4v) is 3.91. The Labute approximate surface area is 194 Å². The van der Waals surface area contributed by atoms with Gasteiger partial charge in [-0.05, 0) is 24.0 Å². The van der Waals surface area contributed by atoms with Crippen LogP contribution in [0.5, 0.6) is 11.5 Å². The third-order valence-electron chi connectivity index (χ3n) is 5.59. The van der Waals surface area contributed by atoms with Crippen LogP contribution in [-0.4, -0.2) is 57.3 Å². The van der Waals surface area contributed by atoms with Gasteiger partial charge in [-0.2, -0.15) is 0 Å². The highest BCUT2D eigenvalue weighted by Gasteiger charge is 2.32. The van der Waals surface area contributed by atoms with Crippen LogP contribution in [0.15, 0.2) is 42.5 Å². The highest BCUT2D eigenvalue weighted by atomic mass is 16.6. The number of aliphatic hydroxyl groups is 1. The third-order valence-corrected chi connectivity index (χ3v) is 5.59. The van der Waals surface area contributed by atoms with Crippen LogP contribution in [-0.2, 0) is 20.8 Å². The minimum Gasteiger partial charge on any atom is -0.496 e. The molecule has 2 aromatic carbocycles. The second-order valence-electron chi connectivity index (χ2n) is 7.69. The van der Waals surface area contributed by atoms with Gasteiger partial charge < -0.3 is 28.8 Å². The Morgan fingerprint density at radius 1 is 1.00 bits per heavy atom. The maximum Gasteiger partial charge on any atom is 0.315 e. The number of hydrogen-bond donors (Lipinski definition) is 1. The molecule has 33 heavy (non-hydrogen) atoms. The molecule has 2 aromatic rings. The number of aliphatic hydroxyl groups excluding tert-OH is 1. The Kier molecular flexibility index (Phi) is 10.5. The van der Waals surface area contributed by atoms with Gasteiger partial charge >= 0.3 is 5.69 Å². The number of rotatable bonds is 14. The monoisotopic (exact) mass is 463 g/mol. The quantitative estimate of drug-likeness (QED) is 0.332. The minimum absolute atomic E-state index is 0.118. The predicted molar refractivity (Wildman–Crippen MR) is 123 cm³/mol. The molecular weight excluding hydrogens is 430 g/mol. The van der Waals surface area contributed by atoms with E-state index in [1.54, 1.807) is 13.2 Å². The summed E-state index contributed by atoms with van der Waals surface area (Å²) in [6, 6.07) is 12.7. The molecule has 0 amide bonds. The van der Waals surface area contributed by atoms with Gasteiger partial charge in [0.15, 0.2) is 0 Å². The predicted octanol–water partition coefficient (Wildman–Crippen LogP) is 3.92. The van der Waals surface area contributed by atoms with Gasteiger partial charge in [0.05, 0.1) is 50.6 Å². The van der Waals surface area contributed by atoms with E-state index in [2.05, 4.69) is 0 Å². The summed E-state index contributed by atoms with van der Waals surface area (Å²) in [4.78, 5) is 11.1. The second-order valence-corrected chi connectivity index (χ2v) is 7.69. The van der Waals surface area contributed by atoms with E-state index in [9.17, 15) is 15.2 Å². The standard InChI is InChI=1S/C24H33NO8/c1-16(11-21(30-3)22(14-26)33-15-17-9-7-6-8-10-17)23(31-4)19-12-18(29-2)13-20(25(27)28)24(19)32-5/h6-10,12-13,16,21-23,26H,11,14-15H2,1-5H3/t16-,21-,22+,23+/m0/s1. The van der Waals surface area contributed by atoms with Gasteiger partial charge in [-0.1, -0.05) is 37.3 Å². The lowest BCUT2D eigenvalue weighted by Gasteiger charge is -2.31. The number of nitrogens with zero attached hydrogens (tertiary/aromatic N) is 1. The summed E-state index contributed by atoms with van der Waals surface area (Å²) in [5.74, 6) is 0.275. The number of nitro groups is 1. The van der Waals surface area contributed by atoms with Crippen LogP contribution in [0.2, 0.25) is 0 Å². The van der Waals surface area contributed by atoms with Gasteiger partial charge in [0.1, 0.15) is 11.9 Å². The molecule has 182 valence electrons. The average Bonchev–Trinajstić information content (AvgIpc) is 2.83. The van der Waals surface area contributed by atoms with Crippen LogP contribution >= 0.6 is 0 Å². The second kappa shape index (κ2) is 13.1. The maximum atomic E-state index is 11.6. The molecule has 9 nitrogen and oxygen atoms in total. The zero-order valence-electron chi connectivity index (χ0n) is 19.7. The molecule has 0 heterocycles. The zero-order chi connectivity index (χ0) is 24.4. The molecular formula is C24H33NO8. The summed E-state index contributed by atoms with van der Waals surface area (Å²) in [7, 11) is 5.91. The van der Waals surface area contributed by atoms with Crippen LogP contribution < -0.4 is 9.47 Å². The van der Waals surface area contributed by atoms with Crippen molar-refractivity contribution in [2.24, 2.45) is 5.92 Å². The van der Waals surface area contributed by atoms with Crippen LogP contribution in [0.3, 0.4) is 0 Å². The van der Waals surface area contributed by atoms with E-state index in [4.69, 9.17) is 23.7 Å². The summed E-state index contributed by atoms with van der Waals surface area (Å²) >= 11 is 0. The van der Waals surface area contributed by atoms with Crippen molar-refractivity contribution in [2.75, 3.05) is 35.0 Å². The largest absolute Gasteiger partial charge is 0.496 e. The highest BCUT2D eigenvalue weighted by Crippen LogP contribution is 2.43. The van der Waals surface area contributed by atoms with E-state index in [1.165, 1.54) is 27.4 Å². The fourth-order valence-electron chi connectivity index (χ4n) is 3.91. The van der Waals surface area contributed by atoms with Gasteiger partial charge in [0, 0.05) is 19.8 Å². The summed E-state index contributed by atoms with van der Waals surface area (Å²) in [6.45, 7) is 2.06. The van der Waals surface area contributed by atoms with Crippen LogP contribution in [0.25, 0.3) is 0 Å². The van der Waals surface area contributed by atoms with E-state index >= 15 is 0 Å². The first-order valence-electron chi connectivity index (χ1n) is 10.6. The molecule has 0 saturated heterocycles. The molecule has 0 unspecified atom stereocenters. The lowest BCUT2D eigenvalue weighted by atomic mass is 9.89. The van der Waals surface area contributed by atoms with Crippen LogP contribution in [0, 0.1) is 16.0 Å². The van der Waals surface area contributed by atoms with Crippen molar-refractivity contribution in [1.82, 2.24) is 0 Å². The number of methoxy groups -OCH3 is 4. The number of nitro benzene ring substituents is 1. The molecule has 0 aliphatic heterocycles. The molecule has 0 saturated carbocycles. The SMILES string of the molecule is COc1cc([C@H](OC)[C@@H](C)C[C@H](OC)[C@@H](CO)OCc2ccccc2)c(OC)c([N+](=O)[O-])c1. The lowest BCUT2D eigenvalue weighted by Crippen LogP contribution is -2.36. The minimum atomic E-state index is -0.559. The summed E-state index contributed by atoms with van der Waals surface area (Å²) in [5, 5.41) is 21.5. The van der Waals surface area contributed by atoms with Crippen LogP contribution in [0.1, 0.15) is 30.6 Å². The smallest absolute Gasteiger partial charge is 0.315 e. The number of hydrogen-bond acceptors (Lipinski definition) is 8. The topological polar surface area (TPSA) is 110 Å². The van der Waals surface area contributed by atoms with Crippen molar-refractivity contribution >= 4 is 5.69 Å². The summed E-state index contributed by atoms with van der Waals surface area (Å²) in [6.07, 6.45) is -1.09. The first-order chi connectivity index (χ1) is 15.9. The van der Waals surface area contributed by atoms with Gasteiger partial charge in [-0.15, -0.1) is 0 Å². The fraction of sp³-hybridized carbons (Fsp3) is 0.500. The van der Waals surface area contributed by atoms with Crippen molar-refractivity contribution in [2.45, 2.75) is 38.3 Å². The van der Waals surface area contributed by atoms with Crippen LogP contribution in [0.4, 0.5) is 5.69 Å².